The highest BCUT2D eigenvalue weighted by molar-refractivity contribution is 6.31. The summed E-state index contributed by atoms with van der Waals surface area (Å²) in [5.41, 5.74) is 2.81. The van der Waals surface area contributed by atoms with Gasteiger partial charge in [-0.2, -0.15) is 10.5 Å². The van der Waals surface area contributed by atoms with Crippen LogP contribution in [0.3, 0.4) is 0 Å². The zero-order valence-corrected chi connectivity index (χ0v) is 16.9. The highest BCUT2D eigenvalue weighted by Crippen LogP contribution is 2.41. The van der Waals surface area contributed by atoms with Crippen molar-refractivity contribution in [3.8, 4) is 12.1 Å². The van der Waals surface area contributed by atoms with E-state index >= 15 is 0 Å². The number of nitrogens with zero attached hydrogens (tertiary/aromatic N) is 2. The second-order valence-corrected chi connectivity index (χ2v) is 7.92. The molecule has 0 spiro atoms. The Morgan fingerprint density at radius 2 is 1.31 bits per heavy atom. The van der Waals surface area contributed by atoms with Crippen LogP contribution in [-0.4, -0.2) is 5.78 Å². The minimum Gasteiger partial charge on any atom is -0.289 e. The van der Waals surface area contributed by atoms with Crippen LogP contribution in [0.2, 0.25) is 0 Å². The standard InChI is InChI=1S/C29H14N2O/c30-15-21(16-31)27-23-6-1-2-7-24(23)29(32)25(27)14-20-11-10-19-9-8-17-4-3-5-18-12-13-22(20)28(19)26(17)18/h1-14H/b25-14-. The third-order valence-electron chi connectivity index (χ3n) is 6.29. The van der Waals surface area contributed by atoms with E-state index in [0.29, 0.717) is 22.3 Å². The van der Waals surface area contributed by atoms with E-state index < -0.39 is 0 Å². The van der Waals surface area contributed by atoms with E-state index in [-0.39, 0.29) is 11.4 Å². The van der Waals surface area contributed by atoms with Crippen LogP contribution in [0.4, 0.5) is 0 Å². The van der Waals surface area contributed by atoms with E-state index in [0.717, 1.165) is 21.7 Å². The molecule has 0 N–H and O–H groups in total. The number of allylic oxidation sites excluding steroid dienone is 3. The quantitative estimate of drug-likeness (QED) is 0.177. The minimum atomic E-state index is -0.163. The van der Waals surface area contributed by atoms with E-state index in [9.17, 15) is 15.3 Å². The minimum absolute atomic E-state index is 0.0488. The van der Waals surface area contributed by atoms with Crippen molar-refractivity contribution in [3.63, 3.8) is 0 Å². The number of hydrogen-bond acceptors (Lipinski definition) is 3. The van der Waals surface area contributed by atoms with Gasteiger partial charge < -0.3 is 0 Å². The molecule has 6 rings (SSSR count). The number of hydrogen-bond donors (Lipinski definition) is 0. The highest BCUT2D eigenvalue weighted by Gasteiger charge is 2.32. The van der Waals surface area contributed by atoms with Crippen molar-refractivity contribution in [1.29, 1.82) is 10.5 Å². The van der Waals surface area contributed by atoms with Gasteiger partial charge >= 0.3 is 0 Å². The van der Waals surface area contributed by atoms with E-state index in [1.807, 2.05) is 30.3 Å². The largest absolute Gasteiger partial charge is 0.289 e. The first kappa shape index (κ1) is 18.1. The summed E-state index contributed by atoms with van der Waals surface area (Å²) in [6.07, 6.45) is 1.83. The molecule has 0 fully saturated rings. The molecule has 1 aliphatic carbocycles. The highest BCUT2D eigenvalue weighted by atomic mass is 16.1. The van der Waals surface area contributed by atoms with Gasteiger partial charge in [-0.05, 0) is 49.5 Å². The van der Waals surface area contributed by atoms with Crippen LogP contribution in [0.5, 0.6) is 0 Å². The summed E-state index contributed by atoms with van der Waals surface area (Å²) in [6, 6.07) is 29.9. The van der Waals surface area contributed by atoms with E-state index in [1.165, 1.54) is 16.2 Å². The summed E-state index contributed by atoms with van der Waals surface area (Å²) in [4.78, 5) is 13.3. The Balaban J connectivity index is 1.69. The molecule has 146 valence electrons. The smallest absolute Gasteiger partial charge is 0.194 e. The molecule has 32 heavy (non-hydrogen) atoms. The molecule has 0 atom stereocenters. The number of ketones is 1. The van der Waals surface area contributed by atoms with Crippen LogP contribution < -0.4 is 0 Å². The average Bonchev–Trinajstić information content (AvgIpc) is 3.11. The molecule has 0 heterocycles. The van der Waals surface area contributed by atoms with Crippen molar-refractivity contribution in [1.82, 2.24) is 0 Å². The average molecular weight is 406 g/mol. The van der Waals surface area contributed by atoms with Crippen molar-refractivity contribution in [2.45, 2.75) is 0 Å². The van der Waals surface area contributed by atoms with Crippen LogP contribution in [0, 0.1) is 22.7 Å². The normalized spacial score (nSPS) is 14.2. The van der Waals surface area contributed by atoms with Crippen molar-refractivity contribution >= 4 is 49.7 Å². The Bertz CT molecular complexity index is 1720. The Hall–Kier alpha value is -4.73. The van der Waals surface area contributed by atoms with Crippen LogP contribution in [0.15, 0.2) is 90.0 Å². The van der Waals surface area contributed by atoms with Crippen LogP contribution in [0.1, 0.15) is 21.5 Å². The SMILES string of the molecule is N#CC(C#N)=C1/C(=C/c2ccc3ccc4cccc5ccc2c3c45)C(=O)c2ccccc21. The lowest BCUT2D eigenvalue weighted by atomic mass is 9.90. The molecule has 0 unspecified atom stereocenters. The number of rotatable bonds is 1. The van der Waals surface area contributed by atoms with Gasteiger partial charge in [0.25, 0.3) is 0 Å². The van der Waals surface area contributed by atoms with Crippen LogP contribution >= 0.6 is 0 Å². The van der Waals surface area contributed by atoms with Crippen molar-refractivity contribution in [3.05, 3.63) is 107 Å². The molecule has 0 aromatic heterocycles. The number of carbonyl (C=O) groups excluding carboxylic acids is 1. The molecule has 0 bridgehead atoms. The van der Waals surface area contributed by atoms with Crippen molar-refractivity contribution < 1.29 is 4.79 Å². The summed E-state index contributed by atoms with van der Waals surface area (Å²) in [5, 5.41) is 26.0. The lowest BCUT2D eigenvalue weighted by molar-refractivity contribution is 0.104. The third kappa shape index (κ3) is 2.37. The summed E-state index contributed by atoms with van der Waals surface area (Å²) >= 11 is 0. The summed E-state index contributed by atoms with van der Waals surface area (Å²) < 4.78 is 0. The van der Waals surface area contributed by atoms with Gasteiger partial charge in [0.15, 0.2) is 5.78 Å². The lowest BCUT2D eigenvalue weighted by Crippen LogP contribution is -1.96. The zero-order chi connectivity index (χ0) is 21.8. The number of Topliss-reactive ketones (excluding diaryl/α,β-unsaturated/α-hetero) is 1. The van der Waals surface area contributed by atoms with Gasteiger partial charge in [-0.25, -0.2) is 0 Å². The first-order chi connectivity index (χ1) is 15.7. The van der Waals surface area contributed by atoms with E-state index in [1.54, 1.807) is 18.2 Å². The Labute approximate surface area is 184 Å². The summed E-state index contributed by atoms with van der Waals surface area (Å²) in [7, 11) is 0. The first-order valence-electron chi connectivity index (χ1n) is 10.3. The molecule has 5 aromatic carbocycles. The maximum atomic E-state index is 13.3. The van der Waals surface area contributed by atoms with Gasteiger partial charge in [0.05, 0.1) is 0 Å². The second-order valence-electron chi connectivity index (χ2n) is 7.92. The summed E-state index contributed by atoms with van der Waals surface area (Å²) in [5.74, 6) is -0.163. The molecule has 5 aromatic rings. The van der Waals surface area contributed by atoms with E-state index in [4.69, 9.17) is 0 Å². The number of fused-ring (bicyclic) bond motifs is 1. The molecule has 3 nitrogen and oxygen atoms in total. The first-order valence-corrected chi connectivity index (χ1v) is 10.3. The van der Waals surface area contributed by atoms with Crippen LogP contribution in [0.25, 0.3) is 44.0 Å². The van der Waals surface area contributed by atoms with Gasteiger partial charge in [0.1, 0.15) is 17.7 Å². The Morgan fingerprint density at radius 3 is 2.03 bits per heavy atom. The Morgan fingerprint density at radius 1 is 0.688 bits per heavy atom. The van der Waals surface area contributed by atoms with Gasteiger partial charge in [0.2, 0.25) is 0 Å². The molecule has 0 saturated heterocycles. The number of nitriles is 2. The molecule has 0 aliphatic heterocycles. The molecular formula is C29H14N2O. The monoisotopic (exact) mass is 406 g/mol. The third-order valence-corrected chi connectivity index (χ3v) is 6.29. The Kier molecular flexibility index (Phi) is 3.75. The molecule has 0 amide bonds. The summed E-state index contributed by atoms with van der Waals surface area (Å²) in [6.45, 7) is 0. The van der Waals surface area contributed by atoms with Crippen molar-refractivity contribution in [2.24, 2.45) is 0 Å². The van der Waals surface area contributed by atoms with Crippen LogP contribution in [-0.2, 0) is 0 Å². The predicted octanol–water partition coefficient (Wildman–Crippen LogP) is 6.66. The predicted molar refractivity (Wildman–Crippen MR) is 127 cm³/mol. The lowest BCUT2D eigenvalue weighted by Gasteiger charge is -2.13. The fourth-order valence-corrected chi connectivity index (χ4v) is 4.89. The number of carbonyl (C=O) groups is 1. The van der Waals surface area contributed by atoms with Gasteiger partial charge in [-0.1, -0.05) is 78.9 Å². The second kappa shape index (κ2) is 6.64. The maximum absolute atomic E-state index is 13.3. The molecule has 3 heteroatoms. The van der Waals surface area contributed by atoms with Gasteiger partial charge in [0, 0.05) is 16.7 Å². The van der Waals surface area contributed by atoms with Gasteiger partial charge in [-0.15, -0.1) is 0 Å². The fourth-order valence-electron chi connectivity index (χ4n) is 4.89. The van der Waals surface area contributed by atoms with Crippen molar-refractivity contribution in [2.75, 3.05) is 0 Å². The van der Waals surface area contributed by atoms with Gasteiger partial charge in [-0.3, -0.25) is 4.79 Å². The number of benzene rings is 5. The zero-order valence-electron chi connectivity index (χ0n) is 16.9. The molecule has 1 aliphatic rings. The maximum Gasteiger partial charge on any atom is 0.194 e. The van der Waals surface area contributed by atoms with E-state index in [2.05, 4.69) is 48.5 Å². The molecule has 0 saturated carbocycles. The topological polar surface area (TPSA) is 64.7 Å². The fraction of sp³-hybridized carbons (Fsp3) is 0. The molecule has 0 radical (unpaired) electrons. The molecular weight excluding hydrogens is 392 g/mol.